The molecule has 6 heteroatoms. The van der Waals surface area contributed by atoms with Gasteiger partial charge in [0, 0.05) is 39.8 Å². The monoisotopic (exact) mass is 235 g/mol. The van der Waals surface area contributed by atoms with Crippen molar-refractivity contribution in [1.29, 1.82) is 0 Å². The zero-order valence-corrected chi connectivity index (χ0v) is 10.7. The fourth-order valence-electron chi connectivity index (χ4n) is 1.64. The Morgan fingerprint density at radius 2 is 2.00 bits per heavy atom. The van der Waals surface area contributed by atoms with Crippen LogP contribution in [0, 0.1) is 5.92 Å². The van der Waals surface area contributed by atoms with Crippen LogP contribution in [0.3, 0.4) is 0 Å². The van der Waals surface area contributed by atoms with E-state index in [9.17, 15) is 8.42 Å². The van der Waals surface area contributed by atoms with E-state index in [0.29, 0.717) is 19.0 Å². The molecule has 1 unspecified atom stereocenters. The summed E-state index contributed by atoms with van der Waals surface area (Å²) in [5, 5.41) is 3.33. The first kappa shape index (κ1) is 12.9. The Kier molecular flexibility index (Phi) is 4.11. The van der Waals surface area contributed by atoms with Crippen LogP contribution in [0.15, 0.2) is 0 Å². The Labute approximate surface area is 92.6 Å². The lowest BCUT2D eigenvalue weighted by Crippen LogP contribution is -2.56. The second-order valence-corrected chi connectivity index (χ2v) is 6.60. The Bertz CT molecular complexity index is 300. The molecular weight excluding hydrogens is 214 g/mol. The van der Waals surface area contributed by atoms with Gasteiger partial charge in [-0.1, -0.05) is 13.8 Å². The second-order valence-electron chi connectivity index (χ2n) is 4.45. The van der Waals surface area contributed by atoms with Crippen LogP contribution >= 0.6 is 0 Å². The summed E-state index contributed by atoms with van der Waals surface area (Å²) in [5.74, 6) is 0.449. The quantitative estimate of drug-likeness (QED) is 0.732. The van der Waals surface area contributed by atoms with Gasteiger partial charge in [-0.15, -0.1) is 0 Å². The van der Waals surface area contributed by atoms with Crippen molar-refractivity contribution in [2.45, 2.75) is 19.9 Å². The van der Waals surface area contributed by atoms with Crippen molar-refractivity contribution in [2.24, 2.45) is 5.92 Å². The minimum Gasteiger partial charge on any atom is -0.311 e. The molecule has 1 rings (SSSR count). The molecule has 0 amide bonds. The number of hydrogen-bond acceptors (Lipinski definition) is 3. The van der Waals surface area contributed by atoms with E-state index in [0.717, 1.165) is 6.54 Å². The van der Waals surface area contributed by atoms with Gasteiger partial charge in [0.2, 0.25) is 0 Å². The fourth-order valence-corrected chi connectivity index (χ4v) is 2.77. The van der Waals surface area contributed by atoms with Crippen molar-refractivity contribution in [1.82, 2.24) is 13.9 Å². The highest BCUT2D eigenvalue weighted by atomic mass is 32.2. The van der Waals surface area contributed by atoms with Crippen LogP contribution in [-0.2, 0) is 10.2 Å². The van der Waals surface area contributed by atoms with E-state index in [-0.39, 0.29) is 6.04 Å². The molecule has 1 aliphatic heterocycles. The summed E-state index contributed by atoms with van der Waals surface area (Å²) in [7, 11) is -0.0974. The summed E-state index contributed by atoms with van der Waals surface area (Å²) >= 11 is 0. The number of piperazine rings is 1. The summed E-state index contributed by atoms with van der Waals surface area (Å²) in [6.45, 7) is 6.06. The maximum Gasteiger partial charge on any atom is 0.281 e. The van der Waals surface area contributed by atoms with Crippen LogP contribution in [0.4, 0.5) is 0 Å². The van der Waals surface area contributed by atoms with Gasteiger partial charge in [0.25, 0.3) is 10.2 Å². The highest BCUT2D eigenvalue weighted by molar-refractivity contribution is 7.86. The molecule has 0 aromatic carbocycles. The maximum absolute atomic E-state index is 11.9. The molecule has 1 N–H and O–H groups in total. The van der Waals surface area contributed by atoms with E-state index in [2.05, 4.69) is 19.2 Å². The molecule has 90 valence electrons. The molecule has 1 heterocycles. The van der Waals surface area contributed by atoms with Gasteiger partial charge in [-0.25, -0.2) is 0 Å². The summed E-state index contributed by atoms with van der Waals surface area (Å²) in [6.07, 6.45) is 0. The molecule has 0 aliphatic carbocycles. The largest absolute Gasteiger partial charge is 0.311 e. The highest BCUT2D eigenvalue weighted by Gasteiger charge is 2.30. The van der Waals surface area contributed by atoms with E-state index < -0.39 is 10.2 Å². The molecule has 0 saturated carbocycles. The summed E-state index contributed by atoms with van der Waals surface area (Å²) in [5.41, 5.74) is 0. The van der Waals surface area contributed by atoms with Gasteiger partial charge in [0.15, 0.2) is 0 Å². The van der Waals surface area contributed by atoms with E-state index >= 15 is 0 Å². The standard InChI is InChI=1S/C9H21N3O2S/c1-8(2)9-7-12(6-5-10-9)15(13,14)11(3)4/h8-10H,5-7H2,1-4H3. The van der Waals surface area contributed by atoms with Gasteiger partial charge >= 0.3 is 0 Å². The summed E-state index contributed by atoms with van der Waals surface area (Å²) < 4.78 is 26.6. The molecule has 1 atom stereocenters. The van der Waals surface area contributed by atoms with Crippen LogP contribution in [0.2, 0.25) is 0 Å². The van der Waals surface area contributed by atoms with E-state index in [4.69, 9.17) is 0 Å². The molecular formula is C9H21N3O2S. The zero-order valence-electron chi connectivity index (χ0n) is 9.90. The average Bonchev–Trinajstić information content (AvgIpc) is 2.17. The summed E-state index contributed by atoms with van der Waals surface area (Å²) in [4.78, 5) is 0. The Balaban J connectivity index is 2.72. The predicted octanol–water partition coefficient (Wildman–Crippen LogP) is -0.277. The molecule has 0 bridgehead atoms. The Morgan fingerprint density at radius 1 is 1.40 bits per heavy atom. The lowest BCUT2D eigenvalue weighted by atomic mass is 10.0. The SMILES string of the molecule is CC(C)C1CN(S(=O)(=O)N(C)C)CCN1. The lowest BCUT2D eigenvalue weighted by Gasteiger charge is -2.36. The number of hydrogen-bond donors (Lipinski definition) is 1. The third kappa shape index (κ3) is 2.90. The molecule has 0 aromatic heterocycles. The normalized spacial score (nSPS) is 25.1. The molecule has 0 spiro atoms. The van der Waals surface area contributed by atoms with Gasteiger partial charge in [-0.2, -0.15) is 17.0 Å². The van der Waals surface area contributed by atoms with Crippen molar-refractivity contribution in [3.05, 3.63) is 0 Å². The van der Waals surface area contributed by atoms with Crippen molar-refractivity contribution in [3.8, 4) is 0 Å². The van der Waals surface area contributed by atoms with Gasteiger partial charge in [-0.05, 0) is 5.92 Å². The van der Waals surface area contributed by atoms with E-state index in [1.54, 1.807) is 18.4 Å². The van der Waals surface area contributed by atoms with Gasteiger partial charge < -0.3 is 5.32 Å². The second kappa shape index (κ2) is 4.78. The Hall–Kier alpha value is -0.170. The van der Waals surface area contributed by atoms with Crippen LogP contribution in [0.5, 0.6) is 0 Å². The van der Waals surface area contributed by atoms with Crippen LogP contribution < -0.4 is 5.32 Å². The van der Waals surface area contributed by atoms with Gasteiger partial charge in [0.05, 0.1) is 0 Å². The van der Waals surface area contributed by atoms with Crippen LogP contribution in [0.1, 0.15) is 13.8 Å². The smallest absolute Gasteiger partial charge is 0.281 e. The minimum atomic E-state index is -3.24. The zero-order chi connectivity index (χ0) is 11.6. The predicted molar refractivity (Wildman–Crippen MR) is 60.8 cm³/mol. The molecule has 0 radical (unpaired) electrons. The maximum atomic E-state index is 11.9. The molecule has 1 fully saturated rings. The topological polar surface area (TPSA) is 52.7 Å². The molecule has 1 aliphatic rings. The minimum absolute atomic E-state index is 0.258. The fraction of sp³-hybridized carbons (Fsp3) is 1.00. The Morgan fingerprint density at radius 3 is 2.47 bits per heavy atom. The van der Waals surface area contributed by atoms with Crippen molar-refractivity contribution >= 4 is 10.2 Å². The molecule has 1 saturated heterocycles. The van der Waals surface area contributed by atoms with E-state index in [1.807, 2.05) is 0 Å². The number of nitrogens with zero attached hydrogens (tertiary/aromatic N) is 2. The van der Waals surface area contributed by atoms with Crippen molar-refractivity contribution in [3.63, 3.8) is 0 Å². The average molecular weight is 235 g/mol. The molecule has 5 nitrogen and oxygen atoms in total. The first-order valence-electron chi connectivity index (χ1n) is 5.26. The first-order chi connectivity index (χ1) is 6.85. The molecule has 15 heavy (non-hydrogen) atoms. The highest BCUT2D eigenvalue weighted by Crippen LogP contribution is 2.12. The molecule has 0 aromatic rings. The third-order valence-corrected chi connectivity index (χ3v) is 4.67. The van der Waals surface area contributed by atoms with Crippen LogP contribution in [-0.4, -0.2) is 56.8 Å². The number of nitrogens with one attached hydrogen (secondary N) is 1. The number of rotatable bonds is 3. The first-order valence-corrected chi connectivity index (χ1v) is 6.66. The third-order valence-electron chi connectivity index (χ3n) is 2.76. The lowest BCUT2D eigenvalue weighted by molar-refractivity contribution is 0.247. The van der Waals surface area contributed by atoms with E-state index in [1.165, 1.54) is 4.31 Å². The summed E-state index contributed by atoms with van der Waals surface area (Å²) in [6, 6.07) is 0.258. The van der Waals surface area contributed by atoms with Gasteiger partial charge in [0.1, 0.15) is 0 Å². The van der Waals surface area contributed by atoms with Crippen molar-refractivity contribution in [2.75, 3.05) is 33.7 Å². The van der Waals surface area contributed by atoms with Gasteiger partial charge in [-0.3, -0.25) is 0 Å². The van der Waals surface area contributed by atoms with Crippen LogP contribution in [0.25, 0.3) is 0 Å². The van der Waals surface area contributed by atoms with Crippen molar-refractivity contribution < 1.29 is 8.42 Å².